The van der Waals surface area contributed by atoms with Gasteiger partial charge in [-0.25, -0.2) is 4.39 Å². The van der Waals surface area contributed by atoms with Crippen LogP contribution in [0, 0.1) is 5.82 Å². The molecule has 0 atom stereocenters. The van der Waals surface area contributed by atoms with Crippen LogP contribution >= 0.6 is 0 Å². The van der Waals surface area contributed by atoms with E-state index in [-0.39, 0.29) is 23.3 Å². The third-order valence-corrected chi connectivity index (χ3v) is 3.76. The third-order valence-electron chi connectivity index (χ3n) is 3.76. The average molecular weight is 338 g/mol. The number of carbonyl (C=O) groups is 2. The normalized spacial score (nSPS) is 10.5. The molecule has 1 N–H and O–H groups in total. The average Bonchev–Trinajstić information content (AvgIpc) is 3.05. The quantitative estimate of drug-likeness (QED) is 0.725. The second kappa shape index (κ2) is 7.09. The fraction of sp³-hybridized carbons (Fsp3) is 0.105. The van der Waals surface area contributed by atoms with Gasteiger partial charge >= 0.3 is 0 Å². The van der Waals surface area contributed by atoms with Crippen LogP contribution in [0.4, 0.5) is 4.39 Å². The van der Waals surface area contributed by atoms with E-state index in [9.17, 15) is 14.0 Å². The Hall–Kier alpha value is -3.28. The molecule has 126 valence electrons. The van der Waals surface area contributed by atoms with E-state index in [0.717, 1.165) is 0 Å². The fourth-order valence-electron chi connectivity index (χ4n) is 2.53. The van der Waals surface area contributed by atoms with Gasteiger partial charge in [0.1, 0.15) is 17.1 Å². The lowest BCUT2D eigenvalue weighted by Crippen LogP contribution is -2.20. The molecule has 25 heavy (non-hydrogen) atoms. The number of aromatic nitrogens is 1. The Bertz CT molecular complexity index is 919. The fourth-order valence-corrected chi connectivity index (χ4v) is 2.53. The lowest BCUT2D eigenvalue weighted by Gasteiger charge is -2.04. The molecule has 0 unspecified atom stereocenters. The van der Waals surface area contributed by atoms with E-state index in [2.05, 4.69) is 10.5 Å². The highest BCUT2D eigenvalue weighted by molar-refractivity contribution is 6.03. The summed E-state index contributed by atoms with van der Waals surface area (Å²) in [6, 6.07) is 14.7. The van der Waals surface area contributed by atoms with Gasteiger partial charge in [0.25, 0.3) is 5.91 Å². The molecule has 0 saturated heterocycles. The Kier molecular flexibility index (Phi) is 4.70. The van der Waals surface area contributed by atoms with Crippen LogP contribution in [0.5, 0.6) is 0 Å². The smallest absolute Gasteiger partial charge is 0.256 e. The van der Waals surface area contributed by atoms with Crippen molar-refractivity contribution in [1.29, 1.82) is 0 Å². The Morgan fingerprint density at radius 1 is 1.08 bits per heavy atom. The number of hydrogen-bond donors (Lipinski definition) is 1. The Balaban J connectivity index is 2.00. The van der Waals surface area contributed by atoms with Gasteiger partial charge in [0.2, 0.25) is 0 Å². The summed E-state index contributed by atoms with van der Waals surface area (Å²) in [5.74, 6) is -1.42. The Morgan fingerprint density at radius 2 is 1.76 bits per heavy atom. The van der Waals surface area contributed by atoms with Crippen molar-refractivity contribution >= 4 is 11.7 Å². The maximum Gasteiger partial charge on any atom is 0.256 e. The van der Waals surface area contributed by atoms with Crippen LogP contribution in [0.2, 0.25) is 0 Å². The van der Waals surface area contributed by atoms with E-state index in [1.54, 1.807) is 18.2 Å². The minimum atomic E-state index is -0.614. The molecule has 1 heterocycles. The van der Waals surface area contributed by atoms with E-state index in [0.29, 0.717) is 11.3 Å². The third kappa shape index (κ3) is 3.33. The van der Waals surface area contributed by atoms with Crippen molar-refractivity contribution in [2.24, 2.45) is 0 Å². The lowest BCUT2D eigenvalue weighted by molar-refractivity contribution is 0.0960. The van der Waals surface area contributed by atoms with E-state index >= 15 is 0 Å². The van der Waals surface area contributed by atoms with Gasteiger partial charge in [-0.15, -0.1) is 0 Å². The number of rotatable bonds is 5. The number of halogens is 1. The van der Waals surface area contributed by atoms with E-state index in [1.807, 2.05) is 18.2 Å². The predicted octanol–water partition coefficient (Wildman–Crippen LogP) is 3.27. The number of nitrogens with zero attached hydrogens (tertiary/aromatic N) is 1. The molecule has 2 aromatic carbocycles. The van der Waals surface area contributed by atoms with Crippen molar-refractivity contribution in [2.75, 3.05) is 7.05 Å². The van der Waals surface area contributed by atoms with Gasteiger partial charge in [-0.2, -0.15) is 0 Å². The van der Waals surface area contributed by atoms with E-state index < -0.39 is 17.5 Å². The number of amides is 1. The second-order valence-electron chi connectivity index (χ2n) is 5.35. The maximum absolute atomic E-state index is 13.8. The highest BCUT2D eigenvalue weighted by atomic mass is 19.1. The van der Waals surface area contributed by atoms with Gasteiger partial charge in [0.05, 0.1) is 12.0 Å². The second-order valence-corrected chi connectivity index (χ2v) is 5.35. The first-order valence-electron chi connectivity index (χ1n) is 7.65. The zero-order valence-electron chi connectivity index (χ0n) is 13.5. The Labute approximate surface area is 143 Å². The minimum absolute atomic E-state index is 0.0528. The number of ketones is 1. The topological polar surface area (TPSA) is 72.2 Å². The first-order chi connectivity index (χ1) is 12.1. The molecule has 0 saturated carbocycles. The number of benzene rings is 2. The molecule has 0 aliphatic carbocycles. The standard InChI is InChI=1S/C19H15FN2O3/c1-21-19(24)17-16(11-15(23)13-9-5-6-10-14(13)20)25-22-18(17)12-7-3-2-4-8-12/h2-10H,11H2,1H3,(H,21,24). The largest absolute Gasteiger partial charge is 0.359 e. The highest BCUT2D eigenvalue weighted by Gasteiger charge is 2.25. The molecule has 0 fully saturated rings. The van der Waals surface area contributed by atoms with Crippen molar-refractivity contribution in [2.45, 2.75) is 6.42 Å². The van der Waals surface area contributed by atoms with Crippen LogP contribution in [0.25, 0.3) is 11.3 Å². The summed E-state index contributed by atoms with van der Waals surface area (Å²) < 4.78 is 19.0. The molecule has 0 aliphatic rings. The summed E-state index contributed by atoms with van der Waals surface area (Å²) in [5, 5.41) is 6.46. The van der Waals surface area contributed by atoms with Crippen LogP contribution in [-0.2, 0) is 6.42 Å². The van der Waals surface area contributed by atoms with Crippen LogP contribution in [0.15, 0.2) is 59.1 Å². The van der Waals surface area contributed by atoms with Crippen molar-refractivity contribution in [1.82, 2.24) is 10.5 Å². The van der Waals surface area contributed by atoms with Crippen LogP contribution in [-0.4, -0.2) is 23.9 Å². The summed E-state index contributed by atoms with van der Waals surface area (Å²) in [4.78, 5) is 24.7. The molecular weight excluding hydrogens is 323 g/mol. The summed E-state index contributed by atoms with van der Waals surface area (Å²) in [5.41, 5.74) is 1.16. The first kappa shape index (κ1) is 16.6. The van der Waals surface area contributed by atoms with Gasteiger partial charge in [-0.05, 0) is 12.1 Å². The molecule has 1 aromatic heterocycles. The van der Waals surface area contributed by atoms with Gasteiger partial charge in [-0.3, -0.25) is 9.59 Å². The van der Waals surface area contributed by atoms with Gasteiger partial charge < -0.3 is 9.84 Å². The summed E-state index contributed by atoms with van der Waals surface area (Å²) in [7, 11) is 1.48. The molecule has 5 nitrogen and oxygen atoms in total. The number of Topliss-reactive ketones (excluding diaryl/α,β-unsaturated/α-hetero) is 1. The number of carbonyl (C=O) groups excluding carboxylic acids is 2. The van der Waals surface area contributed by atoms with Gasteiger partial charge in [0, 0.05) is 12.6 Å². The van der Waals surface area contributed by atoms with Crippen molar-refractivity contribution in [3.8, 4) is 11.3 Å². The van der Waals surface area contributed by atoms with Crippen LogP contribution in [0.3, 0.4) is 0 Å². The summed E-state index contributed by atoms with van der Waals surface area (Å²) >= 11 is 0. The zero-order chi connectivity index (χ0) is 17.8. The molecule has 0 spiro atoms. The Morgan fingerprint density at radius 3 is 2.44 bits per heavy atom. The van der Waals surface area contributed by atoms with Gasteiger partial charge in [0.15, 0.2) is 11.5 Å². The van der Waals surface area contributed by atoms with E-state index in [1.165, 1.54) is 25.2 Å². The van der Waals surface area contributed by atoms with Crippen molar-refractivity contribution in [3.63, 3.8) is 0 Å². The molecule has 0 radical (unpaired) electrons. The summed E-state index contributed by atoms with van der Waals surface area (Å²) in [6.45, 7) is 0. The molecule has 0 aliphatic heterocycles. The maximum atomic E-state index is 13.8. The van der Waals surface area contributed by atoms with Crippen LogP contribution < -0.4 is 5.32 Å². The van der Waals surface area contributed by atoms with Crippen molar-refractivity contribution in [3.05, 3.63) is 77.3 Å². The SMILES string of the molecule is CNC(=O)c1c(-c2ccccc2)noc1CC(=O)c1ccccc1F. The monoisotopic (exact) mass is 338 g/mol. The number of nitrogens with one attached hydrogen (secondary N) is 1. The molecular formula is C19H15FN2O3. The molecule has 1 amide bonds. The molecule has 3 aromatic rings. The van der Waals surface area contributed by atoms with Crippen LogP contribution in [0.1, 0.15) is 26.5 Å². The molecule has 6 heteroatoms. The highest BCUT2D eigenvalue weighted by Crippen LogP contribution is 2.26. The van der Waals surface area contributed by atoms with E-state index in [4.69, 9.17) is 4.52 Å². The van der Waals surface area contributed by atoms with Crippen molar-refractivity contribution < 1.29 is 18.5 Å². The summed E-state index contributed by atoms with van der Waals surface area (Å²) in [6.07, 6.45) is -0.260. The predicted molar refractivity (Wildman–Crippen MR) is 89.8 cm³/mol. The molecule has 0 bridgehead atoms. The first-order valence-corrected chi connectivity index (χ1v) is 7.65. The zero-order valence-corrected chi connectivity index (χ0v) is 13.5. The lowest BCUT2D eigenvalue weighted by atomic mass is 10.0. The minimum Gasteiger partial charge on any atom is -0.359 e. The van der Waals surface area contributed by atoms with Gasteiger partial charge in [-0.1, -0.05) is 47.6 Å². The molecule has 3 rings (SSSR count). The number of hydrogen-bond acceptors (Lipinski definition) is 4.